The van der Waals surface area contributed by atoms with E-state index >= 15 is 0 Å². The summed E-state index contributed by atoms with van der Waals surface area (Å²) in [7, 11) is 0. The molecule has 0 aliphatic carbocycles. The molecule has 0 spiro atoms. The average Bonchev–Trinajstić information content (AvgIpc) is 2.63. The van der Waals surface area contributed by atoms with Gasteiger partial charge in [-0.05, 0) is 43.2 Å². The highest BCUT2D eigenvalue weighted by Gasteiger charge is 2.06. The predicted molar refractivity (Wildman–Crippen MR) is 104 cm³/mol. The molecule has 0 fully saturated rings. The minimum absolute atomic E-state index is 0.0332. The van der Waals surface area contributed by atoms with E-state index < -0.39 is 0 Å². The summed E-state index contributed by atoms with van der Waals surface area (Å²) in [6, 6.07) is 14.9. The van der Waals surface area contributed by atoms with E-state index in [9.17, 15) is 9.18 Å². The maximum absolute atomic E-state index is 13.5. The van der Waals surface area contributed by atoms with Gasteiger partial charge in [0.15, 0.2) is 0 Å². The lowest BCUT2D eigenvalue weighted by Gasteiger charge is -2.21. The summed E-state index contributed by atoms with van der Waals surface area (Å²) in [4.78, 5) is 14.2. The number of amides is 1. The summed E-state index contributed by atoms with van der Waals surface area (Å²) in [5.41, 5.74) is 2.90. The molecule has 0 aliphatic heterocycles. The molecule has 1 N–H and O–H groups in total. The van der Waals surface area contributed by atoms with Gasteiger partial charge < -0.3 is 10.2 Å². The molecule has 134 valence electrons. The lowest BCUT2D eigenvalue weighted by Crippen LogP contribution is -2.25. The third-order valence-corrected chi connectivity index (χ3v) is 4.98. The lowest BCUT2D eigenvalue weighted by molar-refractivity contribution is -0.118. The first-order valence-electron chi connectivity index (χ1n) is 8.55. The van der Waals surface area contributed by atoms with Gasteiger partial charge in [-0.15, -0.1) is 11.8 Å². The minimum Gasteiger partial charge on any atom is -0.372 e. The molecule has 0 atom stereocenters. The number of hydrogen-bond acceptors (Lipinski definition) is 3. The molecule has 2 aromatic carbocycles. The monoisotopic (exact) mass is 360 g/mol. The van der Waals surface area contributed by atoms with Crippen molar-refractivity contribution < 1.29 is 9.18 Å². The second kappa shape index (κ2) is 10.1. The van der Waals surface area contributed by atoms with E-state index in [0.29, 0.717) is 23.6 Å². The van der Waals surface area contributed by atoms with Gasteiger partial charge in [0.2, 0.25) is 5.91 Å². The van der Waals surface area contributed by atoms with Crippen molar-refractivity contribution in [3.05, 3.63) is 65.5 Å². The van der Waals surface area contributed by atoms with Gasteiger partial charge in [0, 0.05) is 31.1 Å². The van der Waals surface area contributed by atoms with E-state index in [2.05, 4.69) is 36.2 Å². The fraction of sp³-hybridized carbons (Fsp3) is 0.350. The maximum Gasteiger partial charge on any atom is 0.230 e. The Morgan fingerprint density at radius 1 is 1.08 bits per heavy atom. The maximum atomic E-state index is 13.5. The van der Waals surface area contributed by atoms with Crippen molar-refractivity contribution >= 4 is 23.4 Å². The number of nitrogens with zero attached hydrogens (tertiary/aromatic N) is 1. The summed E-state index contributed by atoms with van der Waals surface area (Å²) < 4.78 is 13.5. The highest BCUT2D eigenvalue weighted by Crippen LogP contribution is 2.16. The van der Waals surface area contributed by atoms with Crippen LogP contribution in [0, 0.1) is 5.82 Å². The molecule has 0 aromatic heterocycles. The van der Waals surface area contributed by atoms with Crippen LogP contribution in [-0.2, 0) is 17.1 Å². The molecule has 0 heterocycles. The Kier molecular flexibility index (Phi) is 7.79. The van der Waals surface area contributed by atoms with Crippen molar-refractivity contribution in [2.75, 3.05) is 23.7 Å². The first kappa shape index (κ1) is 19.3. The summed E-state index contributed by atoms with van der Waals surface area (Å²) in [5, 5.41) is 2.91. The number of benzene rings is 2. The van der Waals surface area contributed by atoms with Gasteiger partial charge in [0.05, 0.1) is 5.75 Å². The van der Waals surface area contributed by atoms with Crippen LogP contribution >= 0.6 is 11.8 Å². The number of nitrogens with one attached hydrogen (secondary N) is 1. The van der Waals surface area contributed by atoms with Crippen molar-refractivity contribution in [2.24, 2.45) is 0 Å². The lowest BCUT2D eigenvalue weighted by atomic mass is 10.2. The molecule has 0 radical (unpaired) electrons. The summed E-state index contributed by atoms with van der Waals surface area (Å²) in [6.07, 6.45) is 0. The molecule has 0 unspecified atom stereocenters. The van der Waals surface area contributed by atoms with E-state index in [4.69, 9.17) is 0 Å². The Hall–Kier alpha value is -2.01. The van der Waals surface area contributed by atoms with Gasteiger partial charge in [-0.25, -0.2) is 4.39 Å². The van der Waals surface area contributed by atoms with Crippen LogP contribution in [0.4, 0.5) is 10.1 Å². The number of hydrogen-bond donors (Lipinski definition) is 1. The van der Waals surface area contributed by atoms with Crippen molar-refractivity contribution in [2.45, 2.75) is 26.1 Å². The second-order valence-corrected chi connectivity index (χ2v) is 6.69. The van der Waals surface area contributed by atoms with Gasteiger partial charge in [-0.1, -0.05) is 30.3 Å². The van der Waals surface area contributed by atoms with E-state index in [1.165, 1.54) is 23.5 Å². The number of carbonyl (C=O) groups excluding carboxylic acids is 1. The number of thioether (sulfide) groups is 1. The van der Waals surface area contributed by atoms with Gasteiger partial charge in [-0.3, -0.25) is 4.79 Å². The van der Waals surface area contributed by atoms with E-state index in [1.807, 2.05) is 12.1 Å². The molecule has 0 saturated heterocycles. The molecular weight excluding hydrogens is 335 g/mol. The SMILES string of the molecule is CCN(CC)c1ccc(CNC(=O)CSCc2ccccc2F)cc1. The van der Waals surface area contributed by atoms with Crippen LogP contribution in [-0.4, -0.2) is 24.7 Å². The van der Waals surface area contributed by atoms with Crippen LogP contribution in [0.1, 0.15) is 25.0 Å². The van der Waals surface area contributed by atoms with Crippen LogP contribution in [0.2, 0.25) is 0 Å². The Bertz CT molecular complexity index is 672. The van der Waals surface area contributed by atoms with Gasteiger partial charge in [0.1, 0.15) is 5.82 Å². The van der Waals surface area contributed by atoms with Gasteiger partial charge >= 0.3 is 0 Å². The Balaban J connectivity index is 1.73. The third-order valence-electron chi connectivity index (χ3n) is 4.00. The molecule has 0 aliphatic rings. The number of carbonyl (C=O) groups is 1. The van der Waals surface area contributed by atoms with Crippen LogP contribution < -0.4 is 10.2 Å². The smallest absolute Gasteiger partial charge is 0.230 e. The van der Waals surface area contributed by atoms with Crippen LogP contribution in [0.15, 0.2) is 48.5 Å². The first-order chi connectivity index (χ1) is 12.1. The summed E-state index contributed by atoms with van der Waals surface area (Å²) in [5.74, 6) is 0.572. The minimum atomic E-state index is -0.219. The largest absolute Gasteiger partial charge is 0.372 e. The zero-order chi connectivity index (χ0) is 18.1. The normalized spacial score (nSPS) is 10.5. The Morgan fingerprint density at radius 3 is 2.40 bits per heavy atom. The third kappa shape index (κ3) is 6.09. The Labute approximate surface area is 153 Å². The van der Waals surface area contributed by atoms with Crippen molar-refractivity contribution in [3.63, 3.8) is 0 Å². The number of halogens is 1. The van der Waals surface area contributed by atoms with E-state index in [-0.39, 0.29) is 11.7 Å². The van der Waals surface area contributed by atoms with Gasteiger partial charge in [0.25, 0.3) is 0 Å². The summed E-state index contributed by atoms with van der Waals surface area (Å²) >= 11 is 1.42. The molecule has 25 heavy (non-hydrogen) atoms. The zero-order valence-electron chi connectivity index (χ0n) is 14.8. The second-order valence-electron chi connectivity index (χ2n) is 5.70. The molecule has 3 nitrogen and oxygen atoms in total. The zero-order valence-corrected chi connectivity index (χ0v) is 15.6. The van der Waals surface area contributed by atoms with Gasteiger partial charge in [-0.2, -0.15) is 0 Å². The van der Waals surface area contributed by atoms with Crippen molar-refractivity contribution in [1.29, 1.82) is 0 Å². The highest BCUT2D eigenvalue weighted by atomic mass is 32.2. The van der Waals surface area contributed by atoms with Crippen molar-refractivity contribution in [3.8, 4) is 0 Å². The fourth-order valence-corrected chi connectivity index (χ4v) is 3.38. The average molecular weight is 360 g/mol. The molecule has 5 heteroatoms. The van der Waals surface area contributed by atoms with Crippen LogP contribution in [0.5, 0.6) is 0 Å². The number of rotatable bonds is 9. The van der Waals surface area contributed by atoms with Crippen LogP contribution in [0.25, 0.3) is 0 Å². The number of anilines is 1. The fourth-order valence-electron chi connectivity index (χ4n) is 2.53. The highest BCUT2D eigenvalue weighted by molar-refractivity contribution is 7.99. The molecular formula is C20H25FN2OS. The standard InChI is InChI=1S/C20H25FN2OS/c1-3-23(4-2)18-11-9-16(10-12-18)13-22-20(24)15-25-14-17-7-5-6-8-19(17)21/h5-12H,3-4,13-15H2,1-2H3,(H,22,24). The first-order valence-corrected chi connectivity index (χ1v) is 9.71. The molecule has 1 amide bonds. The summed E-state index contributed by atoms with van der Waals surface area (Å²) in [6.45, 7) is 6.74. The van der Waals surface area contributed by atoms with Crippen molar-refractivity contribution in [1.82, 2.24) is 5.32 Å². The molecule has 0 bridgehead atoms. The topological polar surface area (TPSA) is 32.3 Å². The molecule has 0 saturated carbocycles. The van der Waals surface area contributed by atoms with E-state index in [1.54, 1.807) is 18.2 Å². The molecule has 2 rings (SSSR count). The molecule has 2 aromatic rings. The predicted octanol–water partition coefficient (Wildman–Crippen LogP) is 4.22. The Morgan fingerprint density at radius 2 is 1.76 bits per heavy atom. The quantitative estimate of drug-likeness (QED) is 0.727. The van der Waals surface area contributed by atoms with Crippen LogP contribution in [0.3, 0.4) is 0 Å². The van der Waals surface area contributed by atoms with E-state index in [0.717, 1.165) is 18.7 Å².